The molecule has 5 heteroatoms. The van der Waals surface area contributed by atoms with E-state index in [0.717, 1.165) is 38.5 Å². The Morgan fingerprint density at radius 1 is 1.14 bits per heavy atom. The Morgan fingerprint density at radius 2 is 1.82 bits per heavy atom. The molecule has 1 fully saturated rings. The topological polar surface area (TPSA) is 71.1 Å². The van der Waals surface area contributed by atoms with Gasteiger partial charge in [-0.3, -0.25) is 9.59 Å². The summed E-state index contributed by atoms with van der Waals surface area (Å²) < 4.78 is 0. The smallest absolute Gasteiger partial charge is 0.270 e. The zero-order valence-electron chi connectivity index (χ0n) is 13.2. The van der Waals surface area contributed by atoms with Gasteiger partial charge in [0.1, 0.15) is 11.4 Å². The third-order valence-electron chi connectivity index (χ3n) is 3.97. The Hall–Kier alpha value is -1.91. The number of carbonyl (C=O) groups is 2. The van der Waals surface area contributed by atoms with Gasteiger partial charge >= 0.3 is 0 Å². The molecule has 5 nitrogen and oxygen atoms in total. The number of hydrogen-bond donors (Lipinski definition) is 2. The van der Waals surface area contributed by atoms with Crippen LogP contribution in [0.15, 0.2) is 18.2 Å². The van der Waals surface area contributed by atoms with Crippen LogP contribution in [0.3, 0.4) is 0 Å². The molecule has 0 bridgehead atoms. The predicted octanol–water partition coefficient (Wildman–Crippen LogP) is 2.67. The van der Waals surface area contributed by atoms with E-state index in [9.17, 15) is 9.59 Å². The molecule has 1 aromatic rings. The largest absolute Gasteiger partial charge is 0.351 e. The number of carbonyl (C=O) groups excluding carboxylic acids is 2. The van der Waals surface area contributed by atoms with Crippen LogP contribution < -0.4 is 10.6 Å². The van der Waals surface area contributed by atoms with Gasteiger partial charge in [0, 0.05) is 12.6 Å². The van der Waals surface area contributed by atoms with Crippen LogP contribution in [0.25, 0.3) is 0 Å². The van der Waals surface area contributed by atoms with Crippen molar-refractivity contribution in [3.63, 3.8) is 0 Å². The molecular formula is C17H25N3O2. The third-order valence-corrected chi connectivity index (χ3v) is 3.97. The normalized spacial score (nSPS) is 15.3. The molecule has 2 N–H and O–H groups in total. The molecule has 2 amide bonds. The number of aromatic nitrogens is 1. The first-order valence-electron chi connectivity index (χ1n) is 8.27. The molecule has 0 saturated heterocycles. The summed E-state index contributed by atoms with van der Waals surface area (Å²) in [5.74, 6) is -0.407. The van der Waals surface area contributed by atoms with Gasteiger partial charge in [-0.05, 0) is 31.4 Å². The van der Waals surface area contributed by atoms with E-state index >= 15 is 0 Å². The Kier molecular flexibility index (Phi) is 6.37. The van der Waals surface area contributed by atoms with E-state index in [2.05, 4.69) is 22.5 Å². The van der Waals surface area contributed by atoms with E-state index in [1.54, 1.807) is 18.2 Å². The van der Waals surface area contributed by atoms with Crippen LogP contribution in [0.4, 0.5) is 0 Å². The second kappa shape index (κ2) is 8.51. The molecule has 2 rings (SSSR count). The predicted molar refractivity (Wildman–Crippen MR) is 85.8 cm³/mol. The summed E-state index contributed by atoms with van der Waals surface area (Å²) in [6.45, 7) is 2.70. The van der Waals surface area contributed by atoms with Crippen molar-refractivity contribution < 1.29 is 9.59 Å². The van der Waals surface area contributed by atoms with Crippen molar-refractivity contribution in [2.45, 2.75) is 57.9 Å². The highest BCUT2D eigenvalue weighted by molar-refractivity contribution is 5.96. The lowest BCUT2D eigenvalue weighted by Crippen LogP contribution is -2.37. The summed E-state index contributed by atoms with van der Waals surface area (Å²) in [5, 5.41) is 5.83. The first-order valence-corrected chi connectivity index (χ1v) is 8.27. The van der Waals surface area contributed by atoms with E-state index in [0.29, 0.717) is 17.9 Å². The molecule has 0 radical (unpaired) electrons. The van der Waals surface area contributed by atoms with Crippen molar-refractivity contribution in [1.82, 2.24) is 15.6 Å². The highest BCUT2D eigenvalue weighted by Crippen LogP contribution is 2.17. The number of hydrogen-bond acceptors (Lipinski definition) is 3. The number of unbranched alkanes of at least 4 members (excludes halogenated alkanes) is 1. The first-order chi connectivity index (χ1) is 10.7. The molecule has 0 aliphatic heterocycles. The minimum atomic E-state index is -0.222. The highest BCUT2D eigenvalue weighted by atomic mass is 16.2. The van der Waals surface area contributed by atoms with Gasteiger partial charge in [-0.1, -0.05) is 38.7 Å². The molecule has 0 unspecified atom stereocenters. The van der Waals surface area contributed by atoms with Gasteiger partial charge < -0.3 is 10.6 Å². The molecular weight excluding hydrogens is 278 g/mol. The summed E-state index contributed by atoms with van der Waals surface area (Å²) >= 11 is 0. The Bertz CT molecular complexity index is 510. The van der Waals surface area contributed by atoms with Gasteiger partial charge in [-0.2, -0.15) is 0 Å². The number of nitrogens with zero attached hydrogens (tertiary/aromatic N) is 1. The maximum atomic E-state index is 12.2. The lowest BCUT2D eigenvalue weighted by molar-refractivity contribution is 0.0922. The van der Waals surface area contributed by atoms with Gasteiger partial charge in [0.25, 0.3) is 11.8 Å². The fourth-order valence-corrected chi connectivity index (χ4v) is 2.66. The van der Waals surface area contributed by atoms with Crippen molar-refractivity contribution in [2.24, 2.45) is 0 Å². The van der Waals surface area contributed by atoms with Crippen LogP contribution in [0.2, 0.25) is 0 Å². The first kappa shape index (κ1) is 16.5. The molecule has 0 atom stereocenters. The summed E-state index contributed by atoms with van der Waals surface area (Å²) in [5.41, 5.74) is 0.612. The van der Waals surface area contributed by atoms with Crippen LogP contribution in [0.5, 0.6) is 0 Å². The number of rotatable bonds is 6. The molecule has 0 spiro atoms. The van der Waals surface area contributed by atoms with E-state index in [1.165, 1.54) is 6.42 Å². The fraction of sp³-hybridized carbons (Fsp3) is 0.588. The van der Waals surface area contributed by atoms with Gasteiger partial charge in [0.15, 0.2) is 0 Å². The summed E-state index contributed by atoms with van der Waals surface area (Å²) in [6, 6.07) is 5.24. The monoisotopic (exact) mass is 303 g/mol. The average Bonchev–Trinajstić information content (AvgIpc) is 2.56. The third kappa shape index (κ3) is 4.83. The SMILES string of the molecule is CCCCNC(=O)c1cccc(C(=O)NC2CCCCC2)n1. The van der Waals surface area contributed by atoms with Gasteiger partial charge in [0.05, 0.1) is 0 Å². The molecule has 1 aliphatic rings. The van der Waals surface area contributed by atoms with E-state index in [4.69, 9.17) is 0 Å². The highest BCUT2D eigenvalue weighted by Gasteiger charge is 2.18. The average molecular weight is 303 g/mol. The summed E-state index contributed by atoms with van der Waals surface area (Å²) in [6.07, 6.45) is 7.60. The second-order valence-electron chi connectivity index (χ2n) is 5.83. The van der Waals surface area contributed by atoms with Crippen molar-refractivity contribution in [1.29, 1.82) is 0 Å². The minimum Gasteiger partial charge on any atom is -0.351 e. The van der Waals surface area contributed by atoms with Crippen molar-refractivity contribution in [3.8, 4) is 0 Å². The van der Waals surface area contributed by atoms with Crippen LogP contribution in [-0.4, -0.2) is 29.4 Å². The van der Waals surface area contributed by atoms with Gasteiger partial charge in [0.2, 0.25) is 0 Å². The number of nitrogens with one attached hydrogen (secondary N) is 2. The Labute approximate surface area is 131 Å². The van der Waals surface area contributed by atoms with Crippen molar-refractivity contribution in [3.05, 3.63) is 29.6 Å². The molecule has 0 aromatic carbocycles. The zero-order chi connectivity index (χ0) is 15.8. The van der Waals surface area contributed by atoms with E-state index in [1.807, 2.05) is 0 Å². The second-order valence-corrected chi connectivity index (χ2v) is 5.83. The maximum absolute atomic E-state index is 12.2. The standard InChI is InChI=1S/C17H25N3O2/c1-2-3-12-18-16(21)14-10-7-11-15(20-14)17(22)19-13-8-5-4-6-9-13/h7,10-11,13H,2-6,8-9,12H2,1H3,(H,18,21)(H,19,22). The van der Waals surface area contributed by atoms with Crippen molar-refractivity contribution in [2.75, 3.05) is 6.54 Å². The summed E-state index contributed by atoms with van der Waals surface area (Å²) in [7, 11) is 0. The van der Waals surface area contributed by atoms with E-state index in [-0.39, 0.29) is 17.9 Å². The Morgan fingerprint density at radius 3 is 2.50 bits per heavy atom. The number of pyridine rings is 1. The fourth-order valence-electron chi connectivity index (χ4n) is 2.66. The molecule has 22 heavy (non-hydrogen) atoms. The molecule has 120 valence electrons. The molecule has 1 heterocycles. The zero-order valence-corrected chi connectivity index (χ0v) is 13.2. The number of amides is 2. The van der Waals surface area contributed by atoms with E-state index < -0.39 is 0 Å². The van der Waals surface area contributed by atoms with Crippen LogP contribution in [0.1, 0.15) is 72.8 Å². The summed E-state index contributed by atoms with van der Waals surface area (Å²) in [4.78, 5) is 28.4. The van der Waals surface area contributed by atoms with Crippen LogP contribution in [-0.2, 0) is 0 Å². The maximum Gasteiger partial charge on any atom is 0.270 e. The van der Waals surface area contributed by atoms with Crippen LogP contribution in [0, 0.1) is 0 Å². The lowest BCUT2D eigenvalue weighted by Gasteiger charge is -2.22. The van der Waals surface area contributed by atoms with Gasteiger partial charge in [-0.15, -0.1) is 0 Å². The van der Waals surface area contributed by atoms with Crippen LogP contribution >= 0.6 is 0 Å². The molecule has 1 aliphatic carbocycles. The lowest BCUT2D eigenvalue weighted by atomic mass is 9.95. The van der Waals surface area contributed by atoms with Crippen molar-refractivity contribution >= 4 is 11.8 Å². The quantitative estimate of drug-likeness (QED) is 0.794. The molecule has 1 saturated carbocycles. The Balaban J connectivity index is 1.94. The van der Waals surface area contributed by atoms with Gasteiger partial charge in [-0.25, -0.2) is 4.98 Å². The molecule has 1 aromatic heterocycles. The minimum absolute atomic E-state index is 0.185.